The molecule has 0 aromatic heterocycles. The second-order valence-corrected chi connectivity index (χ2v) is 2.48. The molecule has 0 heterocycles. The van der Waals surface area contributed by atoms with Crippen molar-refractivity contribution in [2.75, 3.05) is 6.61 Å². The summed E-state index contributed by atoms with van der Waals surface area (Å²) >= 11 is 0. The van der Waals surface area contributed by atoms with Gasteiger partial charge in [0.1, 0.15) is 6.04 Å². The van der Waals surface area contributed by atoms with Crippen LogP contribution in [0.1, 0.15) is 20.8 Å². The second kappa shape index (κ2) is 5.71. The van der Waals surface area contributed by atoms with E-state index in [-0.39, 0.29) is 5.97 Å². The normalized spacial score (nSPS) is 14.9. The Balaban J connectivity index is 3.77. The first-order valence-electron chi connectivity index (χ1n) is 3.92. The molecule has 4 heteroatoms. The third kappa shape index (κ3) is 4.08. The molecule has 0 fully saturated rings. The van der Waals surface area contributed by atoms with Gasteiger partial charge in [-0.05, 0) is 20.8 Å². The van der Waals surface area contributed by atoms with Crippen LogP contribution in [-0.4, -0.2) is 30.9 Å². The highest BCUT2D eigenvalue weighted by atomic mass is 16.5. The maximum atomic E-state index is 11.0. The number of carbonyl (C=O) groups is 1. The first-order valence-corrected chi connectivity index (χ1v) is 3.92. The monoisotopic (exact) mass is 172 g/mol. The van der Waals surface area contributed by atoms with Gasteiger partial charge in [-0.2, -0.15) is 0 Å². The van der Waals surface area contributed by atoms with Gasteiger partial charge in [0.05, 0.1) is 12.6 Å². The number of ether oxygens (including phenoxy) is 1. The molecule has 2 atom stereocenters. The van der Waals surface area contributed by atoms with E-state index in [4.69, 9.17) is 4.74 Å². The third-order valence-corrected chi connectivity index (χ3v) is 1.32. The van der Waals surface area contributed by atoms with Gasteiger partial charge in [-0.1, -0.05) is 0 Å². The summed E-state index contributed by atoms with van der Waals surface area (Å²) in [7, 11) is 0. The summed E-state index contributed by atoms with van der Waals surface area (Å²) in [6, 6.07) is -0.897. The van der Waals surface area contributed by atoms with Crippen LogP contribution in [0, 0.1) is 0 Å². The number of rotatable bonds is 5. The van der Waals surface area contributed by atoms with E-state index in [0.717, 1.165) is 0 Å². The molecule has 0 unspecified atom stereocenters. The van der Waals surface area contributed by atoms with Crippen LogP contribution < -0.4 is 5.32 Å². The lowest BCUT2D eigenvalue weighted by Crippen LogP contribution is -2.41. The van der Waals surface area contributed by atoms with Crippen molar-refractivity contribution in [2.24, 2.45) is 0 Å². The molecule has 0 amide bonds. The first kappa shape index (κ1) is 11.1. The van der Waals surface area contributed by atoms with E-state index >= 15 is 0 Å². The summed E-state index contributed by atoms with van der Waals surface area (Å²) in [4.78, 5) is 21.1. The highest BCUT2D eigenvalue weighted by Crippen LogP contribution is 1.89. The minimum atomic E-state index is -0.457. The molecule has 1 radical (unpaired) electrons. The van der Waals surface area contributed by atoms with Crippen molar-refractivity contribution in [1.29, 1.82) is 0 Å². The van der Waals surface area contributed by atoms with E-state index in [0.29, 0.717) is 6.61 Å². The zero-order valence-corrected chi connectivity index (χ0v) is 7.59. The van der Waals surface area contributed by atoms with Crippen LogP contribution in [0.2, 0.25) is 0 Å². The number of hydrogen-bond donors (Lipinski definition) is 1. The average Bonchev–Trinajstić information content (AvgIpc) is 2.04. The summed E-state index contributed by atoms with van der Waals surface area (Å²) in [5.74, 6) is -0.348. The number of hydrogen-bond acceptors (Lipinski definition) is 4. The van der Waals surface area contributed by atoms with Gasteiger partial charge in [0.25, 0.3) is 0 Å². The van der Waals surface area contributed by atoms with Gasteiger partial charge < -0.3 is 4.74 Å². The van der Waals surface area contributed by atoms with Crippen molar-refractivity contribution in [1.82, 2.24) is 5.32 Å². The number of nitrogens with one attached hydrogen (secondary N) is 1. The van der Waals surface area contributed by atoms with Crippen molar-refractivity contribution >= 4 is 12.3 Å². The first-order chi connectivity index (χ1) is 5.61. The molecule has 0 aromatic carbocycles. The summed E-state index contributed by atoms with van der Waals surface area (Å²) in [6.45, 7) is 5.36. The molecule has 4 nitrogen and oxygen atoms in total. The summed E-state index contributed by atoms with van der Waals surface area (Å²) in [6.07, 6.45) is 1.72. The molecule has 0 saturated carbocycles. The molecule has 0 saturated heterocycles. The van der Waals surface area contributed by atoms with Gasteiger partial charge in [0, 0.05) is 0 Å². The molecular formula is C8H14NO3. The molecule has 0 aliphatic carbocycles. The Hall–Kier alpha value is -0.900. The molecule has 1 N–H and O–H groups in total. The van der Waals surface area contributed by atoms with Crippen molar-refractivity contribution in [3.05, 3.63) is 0 Å². The fraction of sp³-hybridized carbons (Fsp3) is 0.750. The number of carbonyl (C=O) groups excluding carboxylic acids is 2. The van der Waals surface area contributed by atoms with Crippen LogP contribution in [-0.2, 0) is 14.3 Å². The van der Waals surface area contributed by atoms with E-state index in [1.54, 1.807) is 27.1 Å². The molecule has 69 valence electrons. The minimum absolute atomic E-state index is 0.348. The van der Waals surface area contributed by atoms with E-state index in [1.165, 1.54) is 0 Å². The van der Waals surface area contributed by atoms with Gasteiger partial charge in [-0.3, -0.25) is 14.9 Å². The van der Waals surface area contributed by atoms with Crippen molar-refractivity contribution in [3.63, 3.8) is 0 Å². The smallest absolute Gasteiger partial charge is 0.322 e. The van der Waals surface area contributed by atoms with Crippen LogP contribution in [0.5, 0.6) is 0 Å². The fourth-order valence-corrected chi connectivity index (χ4v) is 0.744. The quantitative estimate of drug-likeness (QED) is 0.594. The van der Waals surface area contributed by atoms with Crippen LogP contribution >= 0.6 is 0 Å². The van der Waals surface area contributed by atoms with Crippen LogP contribution in [0.3, 0.4) is 0 Å². The molecule has 0 bridgehead atoms. The van der Waals surface area contributed by atoms with Gasteiger partial charge in [0.2, 0.25) is 6.29 Å². The summed E-state index contributed by atoms with van der Waals surface area (Å²) in [5, 5.41) is 2.72. The maximum absolute atomic E-state index is 11.0. The van der Waals surface area contributed by atoms with E-state index in [2.05, 4.69) is 5.32 Å². The second-order valence-electron chi connectivity index (χ2n) is 2.48. The summed E-state index contributed by atoms with van der Waals surface area (Å²) in [5.41, 5.74) is 0. The molecule has 12 heavy (non-hydrogen) atoms. The lowest BCUT2D eigenvalue weighted by molar-refractivity contribution is -0.145. The number of esters is 1. The SMILES string of the molecule is CCOC(=O)[C@H](C)N[C@@H](C)[C]=O. The van der Waals surface area contributed by atoms with E-state index < -0.39 is 12.1 Å². The lowest BCUT2D eigenvalue weighted by Gasteiger charge is -2.13. The lowest BCUT2D eigenvalue weighted by atomic mass is 10.3. The average molecular weight is 172 g/mol. The zero-order chi connectivity index (χ0) is 9.56. The topological polar surface area (TPSA) is 55.4 Å². The Morgan fingerprint density at radius 1 is 1.58 bits per heavy atom. The van der Waals surface area contributed by atoms with Crippen LogP contribution in [0.4, 0.5) is 0 Å². The van der Waals surface area contributed by atoms with Gasteiger partial charge in [-0.15, -0.1) is 0 Å². The van der Waals surface area contributed by atoms with Crippen LogP contribution in [0.15, 0.2) is 0 Å². The zero-order valence-electron chi connectivity index (χ0n) is 7.59. The highest BCUT2D eigenvalue weighted by Gasteiger charge is 2.15. The molecule has 0 spiro atoms. The molecule has 0 aliphatic rings. The molecule has 0 aromatic rings. The van der Waals surface area contributed by atoms with Gasteiger partial charge in [0.15, 0.2) is 0 Å². The molecule has 0 aliphatic heterocycles. The Morgan fingerprint density at radius 2 is 2.17 bits per heavy atom. The Bertz CT molecular complexity index is 158. The minimum Gasteiger partial charge on any atom is -0.465 e. The van der Waals surface area contributed by atoms with Crippen molar-refractivity contribution in [3.8, 4) is 0 Å². The predicted molar refractivity (Wildman–Crippen MR) is 44.4 cm³/mol. The van der Waals surface area contributed by atoms with Crippen molar-refractivity contribution in [2.45, 2.75) is 32.9 Å². The molecule has 0 rings (SSSR count). The van der Waals surface area contributed by atoms with Crippen molar-refractivity contribution < 1.29 is 14.3 Å². The Kier molecular flexibility index (Phi) is 5.28. The van der Waals surface area contributed by atoms with Gasteiger partial charge >= 0.3 is 5.97 Å². The fourth-order valence-electron chi connectivity index (χ4n) is 0.744. The predicted octanol–water partition coefficient (Wildman–Crippen LogP) is 0.0258. The summed E-state index contributed by atoms with van der Waals surface area (Å²) < 4.78 is 4.72. The molecular weight excluding hydrogens is 158 g/mol. The Morgan fingerprint density at radius 3 is 2.58 bits per heavy atom. The largest absolute Gasteiger partial charge is 0.465 e. The maximum Gasteiger partial charge on any atom is 0.322 e. The van der Waals surface area contributed by atoms with Gasteiger partial charge in [-0.25, -0.2) is 0 Å². The standard InChI is InChI=1S/C8H14NO3/c1-4-12-8(11)7(3)9-6(2)5-10/h6-7,9H,4H2,1-3H3/t6-,7-/m0/s1. The van der Waals surface area contributed by atoms with E-state index in [1.807, 2.05) is 0 Å². The van der Waals surface area contributed by atoms with Crippen LogP contribution in [0.25, 0.3) is 0 Å². The Labute approximate surface area is 72.3 Å². The highest BCUT2D eigenvalue weighted by molar-refractivity contribution is 5.76. The van der Waals surface area contributed by atoms with E-state index in [9.17, 15) is 9.59 Å². The third-order valence-electron chi connectivity index (χ3n) is 1.32.